The first-order valence-corrected chi connectivity index (χ1v) is 9.41. The second kappa shape index (κ2) is 10.0. The van der Waals surface area contributed by atoms with Crippen LogP contribution >= 0.6 is 0 Å². The van der Waals surface area contributed by atoms with E-state index >= 15 is 0 Å². The van der Waals surface area contributed by atoms with Gasteiger partial charge in [-0.25, -0.2) is 14.4 Å². The van der Waals surface area contributed by atoms with Crippen molar-refractivity contribution < 1.29 is 28.6 Å². The van der Waals surface area contributed by atoms with Crippen molar-refractivity contribution in [1.82, 2.24) is 4.90 Å². The van der Waals surface area contributed by atoms with Gasteiger partial charge in [-0.05, 0) is 53.7 Å². The molecule has 30 heavy (non-hydrogen) atoms. The first-order valence-electron chi connectivity index (χ1n) is 9.41. The number of amides is 2. The van der Waals surface area contributed by atoms with Gasteiger partial charge in [0.15, 0.2) is 6.04 Å². The fraction of sp³-hybridized carbons (Fsp3) is 0.500. The van der Waals surface area contributed by atoms with Crippen molar-refractivity contribution in [2.75, 3.05) is 12.8 Å². The number of methoxy groups -OCH3 is 1. The smallest absolute Gasteiger partial charge is 0.420 e. The molecule has 0 aliphatic heterocycles. The van der Waals surface area contributed by atoms with Gasteiger partial charge in [-0.2, -0.15) is 4.90 Å². The topological polar surface area (TPSA) is 108 Å². The quantitative estimate of drug-likeness (QED) is 0.345. The number of nitrogens with zero attached hydrogens (tertiary/aromatic N) is 1. The predicted molar refractivity (Wildman–Crippen MR) is 112 cm³/mol. The molecule has 0 unspecified atom stereocenters. The lowest BCUT2D eigenvalue weighted by Gasteiger charge is -2.31. The highest BCUT2D eigenvalue weighted by molar-refractivity contribution is 5.94. The third-order valence-electron chi connectivity index (χ3n) is 3.44. The standard InChI is InChI=1S/C22H30N2O6/c1-21(2,3)29-19(26)24(20(27)30-22(4,5)6)17(18(25)28-7)14-10-12-15-11-8-9-13-16(15)23/h8-9,11,13,17H,14,23H2,1-7H3/t17-/m0/s1. The molecule has 2 amide bonds. The van der Waals surface area contributed by atoms with Crippen LogP contribution in [0.2, 0.25) is 0 Å². The van der Waals surface area contributed by atoms with Gasteiger partial charge in [0.1, 0.15) is 11.2 Å². The molecule has 0 saturated carbocycles. The normalized spacial score (nSPS) is 12.1. The van der Waals surface area contributed by atoms with Gasteiger partial charge >= 0.3 is 18.2 Å². The third kappa shape index (κ3) is 8.03. The fourth-order valence-electron chi connectivity index (χ4n) is 2.22. The number of nitrogen functional groups attached to an aromatic ring is 1. The van der Waals surface area contributed by atoms with Gasteiger partial charge in [-0.15, -0.1) is 0 Å². The van der Waals surface area contributed by atoms with Crippen molar-refractivity contribution in [2.45, 2.75) is 65.2 Å². The van der Waals surface area contributed by atoms with E-state index in [-0.39, 0.29) is 6.42 Å². The van der Waals surface area contributed by atoms with Crippen LogP contribution in [0.4, 0.5) is 15.3 Å². The molecule has 0 heterocycles. The van der Waals surface area contributed by atoms with Crippen molar-refractivity contribution in [3.05, 3.63) is 29.8 Å². The summed E-state index contributed by atoms with van der Waals surface area (Å²) in [7, 11) is 1.15. The van der Waals surface area contributed by atoms with Crippen molar-refractivity contribution in [3.8, 4) is 11.8 Å². The number of hydrogen-bond acceptors (Lipinski definition) is 7. The first-order chi connectivity index (χ1) is 13.7. The Labute approximate surface area is 177 Å². The number of para-hydroxylation sites is 1. The van der Waals surface area contributed by atoms with Crippen LogP contribution in [0, 0.1) is 11.8 Å². The van der Waals surface area contributed by atoms with Gasteiger partial charge in [-0.3, -0.25) is 0 Å². The molecule has 0 saturated heterocycles. The summed E-state index contributed by atoms with van der Waals surface area (Å²) in [5.41, 5.74) is 5.09. The molecule has 0 aliphatic carbocycles. The lowest BCUT2D eigenvalue weighted by atomic mass is 10.1. The van der Waals surface area contributed by atoms with Crippen molar-refractivity contribution in [2.24, 2.45) is 0 Å². The maximum absolute atomic E-state index is 12.8. The molecular weight excluding hydrogens is 388 g/mol. The van der Waals surface area contributed by atoms with Gasteiger partial charge in [0.2, 0.25) is 0 Å². The summed E-state index contributed by atoms with van der Waals surface area (Å²) in [5.74, 6) is 4.79. The number of benzene rings is 1. The van der Waals surface area contributed by atoms with E-state index in [4.69, 9.17) is 19.9 Å². The predicted octanol–water partition coefficient (Wildman–Crippen LogP) is 3.72. The number of carbonyl (C=O) groups is 3. The van der Waals surface area contributed by atoms with Crippen molar-refractivity contribution >= 4 is 23.8 Å². The molecule has 0 fully saturated rings. The lowest BCUT2D eigenvalue weighted by molar-refractivity contribution is -0.146. The summed E-state index contributed by atoms with van der Waals surface area (Å²) < 4.78 is 15.4. The van der Waals surface area contributed by atoms with Crippen LogP contribution < -0.4 is 5.73 Å². The van der Waals surface area contributed by atoms with Crippen LogP contribution in [-0.4, -0.2) is 47.4 Å². The van der Waals surface area contributed by atoms with Crippen LogP contribution in [0.3, 0.4) is 0 Å². The summed E-state index contributed by atoms with van der Waals surface area (Å²) in [5, 5.41) is 0. The van der Waals surface area contributed by atoms with E-state index in [0.717, 1.165) is 7.11 Å². The summed E-state index contributed by atoms with van der Waals surface area (Å²) in [4.78, 5) is 38.6. The minimum absolute atomic E-state index is 0.195. The summed E-state index contributed by atoms with van der Waals surface area (Å²) >= 11 is 0. The van der Waals surface area contributed by atoms with Crippen molar-refractivity contribution in [1.29, 1.82) is 0 Å². The molecule has 8 nitrogen and oxygen atoms in total. The molecule has 164 valence electrons. The summed E-state index contributed by atoms with van der Waals surface area (Å²) in [6, 6.07) is 5.58. The van der Waals surface area contributed by atoms with E-state index in [1.54, 1.807) is 65.8 Å². The SMILES string of the molecule is COC(=O)[C@H](CC#Cc1ccccc1N)N(C(=O)OC(C)(C)C)C(=O)OC(C)(C)C. The molecule has 1 rings (SSSR count). The van der Waals surface area contributed by atoms with Gasteiger partial charge in [-0.1, -0.05) is 24.0 Å². The molecule has 8 heteroatoms. The highest BCUT2D eigenvalue weighted by Gasteiger charge is 2.40. The molecular formula is C22H30N2O6. The first kappa shape index (κ1) is 24.8. The molecule has 1 atom stereocenters. The minimum Gasteiger partial charge on any atom is -0.467 e. The average molecular weight is 418 g/mol. The largest absolute Gasteiger partial charge is 0.467 e. The number of nitrogens with two attached hydrogens (primary N) is 1. The molecule has 0 radical (unpaired) electrons. The Morgan fingerprint density at radius 2 is 1.50 bits per heavy atom. The lowest BCUT2D eigenvalue weighted by Crippen LogP contribution is -2.52. The van der Waals surface area contributed by atoms with Crippen LogP contribution in [-0.2, 0) is 19.0 Å². The second-order valence-corrected chi connectivity index (χ2v) is 8.46. The molecule has 1 aromatic rings. The monoisotopic (exact) mass is 418 g/mol. The zero-order chi connectivity index (χ0) is 23.1. The number of ether oxygens (including phenoxy) is 3. The van der Waals surface area contributed by atoms with Crippen LogP contribution in [0.25, 0.3) is 0 Å². The molecule has 2 N–H and O–H groups in total. The molecule has 0 aliphatic rings. The van der Waals surface area contributed by atoms with E-state index in [1.165, 1.54) is 0 Å². The molecule has 0 bridgehead atoms. The number of hydrogen-bond donors (Lipinski definition) is 1. The Kier molecular flexibility index (Phi) is 8.28. The van der Waals surface area contributed by atoms with E-state index in [1.807, 2.05) is 0 Å². The van der Waals surface area contributed by atoms with Gasteiger partial charge < -0.3 is 19.9 Å². The number of anilines is 1. The Bertz CT molecular complexity index is 812. The van der Waals surface area contributed by atoms with Gasteiger partial charge in [0.25, 0.3) is 0 Å². The zero-order valence-electron chi connectivity index (χ0n) is 18.6. The van der Waals surface area contributed by atoms with Crippen LogP contribution in [0.5, 0.6) is 0 Å². The van der Waals surface area contributed by atoms with Crippen LogP contribution in [0.1, 0.15) is 53.5 Å². The van der Waals surface area contributed by atoms with E-state index in [0.29, 0.717) is 16.2 Å². The second-order valence-electron chi connectivity index (χ2n) is 8.46. The molecule has 0 aromatic heterocycles. The molecule has 0 spiro atoms. The maximum Gasteiger partial charge on any atom is 0.420 e. The number of rotatable bonds is 3. The third-order valence-corrected chi connectivity index (χ3v) is 3.44. The summed E-state index contributed by atoms with van der Waals surface area (Å²) in [6.45, 7) is 9.85. The Hall–Kier alpha value is -3.21. The Balaban J connectivity index is 3.29. The Morgan fingerprint density at radius 1 is 1.00 bits per heavy atom. The average Bonchev–Trinajstić information content (AvgIpc) is 2.58. The fourth-order valence-corrected chi connectivity index (χ4v) is 2.22. The highest BCUT2D eigenvalue weighted by Crippen LogP contribution is 2.19. The number of carbonyl (C=O) groups excluding carboxylic acids is 3. The Morgan fingerprint density at radius 3 is 1.93 bits per heavy atom. The van der Waals surface area contributed by atoms with E-state index in [9.17, 15) is 14.4 Å². The molecule has 1 aromatic carbocycles. The van der Waals surface area contributed by atoms with Crippen LogP contribution in [0.15, 0.2) is 24.3 Å². The van der Waals surface area contributed by atoms with Gasteiger partial charge in [0, 0.05) is 17.7 Å². The summed E-state index contributed by atoms with van der Waals surface area (Å²) in [6.07, 6.45) is -2.26. The number of esters is 1. The van der Waals surface area contributed by atoms with E-state index < -0.39 is 35.4 Å². The maximum atomic E-state index is 12.8. The minimum atomic E-state index is -1.36. The zero-order valence-corrected chi connectivity index (χ0v) is 18.6. The van der Waals surface area contributed by atoms with Crippen molar-refractivity contribution in [3.63, 3.8) is 0 Å². The highest BCUT2D eigenvalue weighted by atomic mass is 16.6. The van der Waals surface area contributed by atoms with E-state index in [2.05, 4.69) is 11.8 Å². The number of imide groups is 1. The van der Waals surface area contributed by atoms with Gasteiger partial charge in [0.05, 0.1) is 7.11 Å².